The van der Waals surface area contributed by atoms with E-state index >= 15 is 0 Å². The van der Waals surface area contributed by atoms with Gasteiger partial charge in [-0.2, -0.15) is 0 Å². The molecule has 2 saturated heterocycles. The number of hydrogen-bond donors (Lipinski definition) is 4. The lowest BCUT2D eigenvalue weighted by Gasteiger charge is -2.29. The van der Waals surface area contributed by atoms with Crippen LogP contribution in [0.2, 0.25) is 0 Å². The summed E-state index contributed by atoms with van der Waals surface area (Å²) in [6.45, 7) is 2.79. The number of benzene rings is 2. The number of aromatic hydroxyl groups is 2. The number of carbonyl (C=O) groups is 1. The summed E-state index contributed by atoms with van der Waals surface area (Å²) in [5.41, 5.74) is 1.07. The maximum atomic E-state index is 12.0. The quantitative estimate of drug-likeness (QED) is 0.619. The molecule has 8 nitrogen and oxygen atoms in total. The largest absolute Gasteiger partial charge is 0.508 e. The lowest BCUT2D eigenvalue weighted by atomic mass is 9.96. The van der Waals surface area contributed by atoms with Gasteiger partial charge in [-0.1, -0.05) is 18.2 Å². The zero-order valence-electron chi connectivity index (χ0n) is 14.7. The molecule has 4 N–H and O–H groups in total. The van der Waals surface area contributed by atoms with Crippen LogP contribution in [0.4, 0.5) is 10.5 Å². The smallest absolute Gasteiger partial charge is 0.317 e. The van der Waals surface area contributed by atoms with Gasteiger partial charge in [-0.05, 0) is 29.4 Å². The first-order valence-corrected chi connectivity index (χ1v) is 8.72. The molecule has 0 spiro atoms. The number of carbonyl (C=O) groups excluding carboxylic acids is 1. The van der Waals surface area contributed by atoms with E-state index in [1.807, 2.05) is 6.07 Å². The van der Waals surface area contributed by atoms with E-state index in [1.165, 1.54) is 12.1 Å². The summed E-state index contributed by atoms with van der Waals surface area (Å²) in [7, 11) is 0. The molecule has 2 amide bonds. The Morgan fingerprint density at radius 3 is 2.48 bits per heavy atom. The minimum atomic E-state index is -0.108. The summed E-state index contributed by atoms with van der Waals surface area (Å²) < 4.78 is 0. The zero-order valence-corrected chi connectivity index (χ0v) is 14.7. The minimum absolute atomic E-state index is 0.00905. The second kappa shape index (κ2) is 8.50. The van der Waals surface area contributed by atoms with Crippen LogP contribution in [-0.2, 0) is 6.54 Å². The van der Waals surface area contributed by atoms with Crippen LogP contribution in [0.15, 0.2) is 53.7 Å². The van der Waals surface area contributed by atoms with E-state index in [-0.39, 0.29) is 24.1 Å². The van der Waals surface area contributed by atoms with E-state index in [9.17, 15) is 19.9 Å². The monoisotopic (exact) mass is 370 g/mol. The Balaban J connectivity index is 0.000000221. The van der Waals surface area contributed by atoms with Crippen molar-refractivity contribution in [1.82, 2.24) is 15.5 Å². The number of phenols is 2. The first-order valence-electron chi connectivity index (χ1n) is 8.72. The average molecular weight is 370 g/mol. The third-order valence-electron chi connectivity index (χ3n) is 4.73. The van der Waals surface area contributed by atoms with Gasteiger partial charge in [-0.3, -0.25) is 0 Å². The molecular formula is C19H22N4O4. The number of hydrogen-bond acceptors (Lipinski definition) is 6. The topological polar surface area (TPSA) is 114 Å². The van der Waals surface area contributed by atoms with Crippen LogP contribution in [0.1, 0.15) is 5.56 Å². The van der Waals surface area contributed by atoms with Crippen molar-refractivity contribution < 1.29 is 15.0 Å². The standard InChI is InChI=1S/C13H17N3O3.C6H5NO/c17-10-2-1-8(12(18)3-10)4-15-13(19)16-6-9-5-14-11(9)7-16;8-7-6-4-2-1-3-5-6/h1-3,9,11,14,17-18H,4-7H2,(H,15,19);1-5H. The lowest BCUT2D eigenvalue weighted by Crippen LogP contribution is -2.51. The van der Waals surface area contributed by atoms with Crippen molar-refractivity contribution in [2.75, 3.05) is 19.6 Å². The van der Waals surface area contributed by atoms with E-state index in [1.54, 1.807) is 35.2 Å². The fourth-order valence-electron chi connectivity index (χ4n) is 3.09. The Hall–Kier alpha value is -3.13. The van der Waals surface area contributed by atoms with Crippen LogP contribution in [0.5, 0.6) is 11.5 Å². The van der Waals surface area contributed by atoms with Crippen molar-refractivity contribution in [1.29, 1.82) is 0 Å². The summed E-state index contributed by atoms with van der Waals surface area (Å²) in [6, 6.07) is 13.4. The minimum Gasteiger partial charge on any atom is -0.508 e. The predicted molar refractivity (Wildman–Crippen MR) is 101 cm³/mol. The van der Waals surface area contributed by atoms with E-state index in [4.69, 9.17) is 0 Å². The van der Waals surface area contributed by atoms with Crippen molar-refractivity contribution >= 4 is 11.7 Å². The van der Waals surface area contributed by atoms with Crippen LogP contribution >= 0.6 is 0 Å². The van der Waals surface area contributed by atoms with Crippen LogP contribution in [0, 0.1) is 10.8 Å². The Labute approximate surface area is 156 Å². The highest BCUT2D eigenvalue weighted by molar-refractivity contribution is 5.74. The number of likely N-dealkylation sites (tertiary alicyclic amines) is 1. The van der Waals surface area contributed by atoms with Gasteiger partial charge in [-0.15, -0.1) is 4.91 Å². The van der Waals surface area contributed by atoms with Gasteiger partial charge in [0.15, 0.2) is 0 Å². The molecule has 2 aromatic rings. The van der Waals surface area contributed by atoms with Gasteiger partial charge in [0.2, 0.25) is 0 Å². The number of amides is 2. The van der Waals surface area contributed by atoms with Gasteiger partial charge in [0.25, 0.3) is 0 Å². The summed E-state index contributed by atoms with van der Waals surface area (Å²) in [5.74, 6) is 0.589. The van der Waals surface area contributed by atoms with Crippen LogP contribution in [0.25, 0.3) is 0 Å². The van der Waals surface area contributed by atoms with E-state index in [0.29, 0.717) is 23.2 Å². The van der Waals surface area contributed by atoms with Crippen molar-refractivity contribution in [3.8, 4) is 11.5 Å². The summed E-state index contributed by atoms with van der Waals surface area (Å²) >= 11 is 0. The Bertz CT molecular complexity index is 788. The third-order valence-corrected chi connectivity index (χ3v) is 4.73. The molecule has 2 unspecified atom stereocenters. The number of fused-ring (bicyclic) bond motifs is 1. The average Bonchev–Trinajstić information content (AvgIpc) is 2.96. The zero-order chi connectivity index (χ0) is 19.2. The molecule has 0 radical (unpaired) electrons. The second-order valence-electron chi connectivity index (χ2n) is 6.58. The molecule has 4 rings (SSSR count). The molecule has 27 heavy (non-hydrogen) atoms. The number of urea groups is 1. The summed E-state index contributed by atoms with van der Waals surface area (Å²) in [6.07, 6.45) is 0. The summed E-state index contributed by atoms with van der Waals surface area (Å²) in [5, 5.41) is 27.6. The fraction of sp³-hybridized carbons (Fsp3) is 0.316. The Morgan fingerprint density at radius 2 is 1.96 bits per heavy atom. The highest BCUT2D eigenvalue weighted by atomic mass is 16.3. The van der Waals surface area contributed by atoms with Gasteiger partial charge >= 0.3 is 6.03 Å². The number of nitrogens with one attached hydrogen (secondary N) is 2. The van der Waals surface area contributed by atoms with Crippen molar-refractivity contribution in [2.24, 2.45) is 11.1 Å². The maximum absolute atomic E-state index is 12.0. The molecule has 0 aliphatic carbocycles. The highest BCUT2D eigenvalue weighted by Gasteiger charge is 2.40. The fourth-order valence-corrected chi connectivity index (χ4v) is 3.09. The van der Waals surface area contributed by atoms with Crippen molar-refractivity contribution in [3.05, 3.63) is 59.0 Å². The first kappa shape index (κ1) is 18.7. The van der Waals surface area contributed by atoms with Gasteiger partial charge in [0.1, 0.15) is 17.2 Å². The molecule has 2 atom stereocenters. The number of nitroso groups, excluding NO2 is 1. The third kappa shape index (κ3) is 4.73. The maximum Gasteiger partial charge on any atom is 0.317 e. The molecule has 2 heterocycles. The molecule has 2 fully saturated rings. The number of rotatable bonds is 3. The normalized spacial score (nSPS) is 19.9. The molecule has 0 saturated carbocycles. The Morgan fingerprint density at radius 1 is 1.19 bits per heavy atom. The van der Waals surface area contributed by atoms with Crippen molar-refractivity contribution in [2.45, 2.75) is 12.6 Å². The van der Waals surface area contributed by atoms with Gasteiger partial charge in [-0.25, -0.2) is 4.79 Å². The van der Waals surface area contributed by atoms with Crippen LogP contribution < -0.4 is 10.6 Å². The SMILES string of the molecule is O=C(NCc1ccc(O)cc1O)N1CC2CNC2C1.O=Nc1ccccc1. The molecule has 8 heteroatoms. The molecule has 2 aliphatic rings. The molecule has 0 aromatic heterocycles. The van der Waals surface area contributed by atoms with Gasteiger partial charge in [0.05, 0.1) is 0 Å². The first-order chi connectivity index (χ1) is 13.1. The van der Waals surface area contributed by atoms with E-state index in [0.717, 1.165) is 19.6 Å². The molecular weight excluding hydrogens is 348 g/mol. The number of phenolic OH excluding ortho intramolecular Hbond substituents is 2. The predicted octanol–water partition coefficient (Wildman–Crippen LogP) is 2.30. The van der Waals surface area contributed by atoms with Gasteiger partial charge in [0, 0.05) is 49.8 Å². The second-order valence-corrected chi connectivity index (χ2v) is 6.58. The van der Waals surface area contributed by atoms with E-state index in [2.05, 4.69) is 15.8 Å². The van der Waals surface area contributed by atoms with Gasteiger partial charge < -0.3 is 25.7 Å². The molecule has 0 bridgehead atoms. The molecule has 2 aromatic carbocycles. The lowest BCUT2D eigenvalue weighted by molar-refractivity contribution is 0.207. The van der Waals surface area contributed by atoms with E-state index < -0.39 is 0 Å². The summed E-state index contributed by atoms with van der Waals surface area (Å²) in [4.78, 5) is 23.5. The van der Waals surface area contributed by atoms with Crippen molar-refractivity contribution in [3.63, 3.8) is 0 Å². The molecule has 2 aliphatic heterocycles. The van der Waals surface area contributed by atoms with Crippen LogP contribution in [-0.4, -0.2) is 46.8 Å². The molecule has 142 valence electrons. The Kier molecular flexibility index (Phi) is 5.87. The van der Waals surface area contributed by atoms with Crippen LogP contribution in [0.3, 0.4) is 0 Å². The highest BCUT2D eigenvalue weighted by Crippen LogP contribution is 2.24. The number of nitrogens with zero attached hydrogens (tertiary/aromatic N) is 2.